The molecule has 1 aromatic heterocycles. The molecule has 0 saturated carbocycles. The molecule has 6 nitrogen and oxygen atoms in total. The summed E-state index contributed by atoms with van der Waals surface area (Å²) in [5.41, 5.74) is 1.48. The predicted octanol–water partition coefficient (Wildman–Crippen LogP) is 3.43. The Hall–Kier alpha value is -2.37. The van der Waals surface area contributed by atoms with Crippen LogP contribution < -0.4 is 10.6 Å². The van der Waals surface area contributed by atoms with Gasteiger partial charge in [0.1, 0.15) is 5.82 Å². The van der Waals surface area contributed by atoms with E-state index in [0.717, 1.165) is 50.0 Å². The largest absolute Gasteiger partial charge is 0.356 e. The van der Waals surface area contributed by atoms with E-state index in [4.69, 9.17) is 0 Å². The van der Waals surface area contributed by atoms with Gasteiger partial charge in [-0.25, -0.2) is 0 Å². The average Bonchev–Trinajstić information content (AvgIpc) is 2.98. The van der Waals surface area contributed by atoms with Crippen molar-refractivity contribution >= 4 is 5.96 Å². The lowest BCUT2D eigenvalue weighted by atomic mass is 9.76. The van der Waals surface area contributed by atoms with Gasteiger partial charge in [0, 0.05) is 32.0 Å². The summed E-state index contributed by atoms with van der Waals surface area (Å²) in [6.07, 6.45) is 6.88. The highest BCUT2D eigenvalue weighted by atomic mass is 15.3. The normalized spacial score (nSPS) is 15.0. The Morgan fingerprint density at radius 1 is 1.07 bits per heavy atom. The number of hydrogen-bond acceptors (Lipinski definition) is 3. The number of benzene rings is 1. The fourth-order valence-corrected chi connectivity index (χ4v) is 4.11. The van der Waals surface area contributed by atoms with Crippen LogP contribution in [0.1, 0.15) is 63.2 Å². The number of nitrogens with one attached hydrogen (secondary N) is 2. The Balaban J connectivity index is 1.62. The topological polar surface area (TPSA) is 67.1 Å². The van der Waals surface area contributed by atoms with Crippen molar-refractivity contribution in [3.63, 3.8) is 0 Å². The Labute approximate surface area is 168 Å². The van der Waals surface area contributed by atoms with Crippen molar-refractivity contribution in [2.24, 2.45) is 4.99 Å². The van der Waals surface area contributed by atoms with Crippen LogP contribution in [-0.2, 0) is 24.9 Å². The summed E-state index contributed by atoms with van der Waals surface area (Å²) >= 11 is 0. The first-order chi connectivity index (χ1) is 13.7. The maximum Gasteiger partial charge on any atom is 0.191 e. The van der Waals surface area contributed by atoms with Gasteiger partial charge in [0.05, 0.1) is 6.54 Å². The zero-order valence-corrected chi connectivity index (χ0v) is 17.5. The van der Waals surface area contributed by atoms with Gasteiger partial charge in [-0.15, -0.1) is 10.2 Å². The summed E-state index contributed by atoms with van der Waals surface area (Å²) in [4.78, 5) is 4.42. The van der Waals surface area contributed by atoms with E-state index in [0.29, 0.717) is 6.54 Å². The van der Waals surface area contributed by atoms with Gasteiger partial charge < -0.3 is 15.2 Å². The molecule has 3 rings (SSSR count). The van der Waals surface area contributed by atoms with Gasteiger partial charge in [-0.05, 0) is 31.2 Å². The van der Waals surface area contributed by atoms with E-state index in [1.165, 1.54) is 24.8 Å². The molecule has 6 heteroatoms. The molecule has 0 aliphatic carbocycles. The Morgan fingerprint density at radius 3 is 2.57 bits per heavy atom. The summed E-state index contributed by atoms with van der Waals surface area (Å²) < 4.78 is 2.28. The van der Waals surface area contributed by atoms with Crippen LogP contribution in [0, 0.1) is 0 Å². The van der Waals surface area contributed by atoms with Gasteiger partial charge in [-0.3, -0.25) is 4.99 Å². The van der Waals surface area contributed by atoms with E-state index in [-0.39, 0.29) is 5.41 Å². The third kappa shape index (κ3) is 4.54. The number of guanidine groups is 1. The van der Waals surface area contributed by atoms with E-state index in [1.54, 1.807) is 0 Å². The average molecular weight is 383 g/mol. The molecule has 2 N–H and O–H groups in total. The molecule has 0 atom stereocenters. The van der Waals surface area contributed by atoms with E-state index in [1.807, 2.05) is 7.05 Å². The monoisotopic (exact) mass is 382 g/mol. The molecule has 0 radical (unpaired) electrons. The summed E-state index contributed by atoms with van der Waals surface area (Å²) in [7, 11) is 1.82. The third-order valence-electron chi connectivity index (χ3n) is 6.16. The first kappa shape index (κ1) is 20.4. The van der Waals surface area contributed by atoms with Crippen LogP contribution in [0.15, 0.2) is 35.3 Å². The maximum absolute atomic E-state index is 4.42. The van der Waals surface area contributed by atoms with Crippen molar-refractivity contribution in [2.45, 2.75) is 70.9 Å². The van der Waals surface area contributed by atoms with Crippen LogP contribution in [0.3, 0.4) is 0 Å². The second kappa shape index (κ2) is 9.71. The number of aliphatic imine (C=N–C) groups is 1. The van der Waals surface area contributed by atoms with Crippen molar-refractivity contribution in [3.05, 3.63) is 47.5 Å². The lowest BCUT2D eigenvalue weighted by Gasteiger charge is -2.33. The highest BCUT2D eigenvalue weighted by molar-refractivity contribution is 5.79. The molecule has 0 spiro atoms. The number of aromatic nitrogens is 3. The lowest BCUT2D eigenvalue weighted by molar-refractivity contribution is 0.389. The second-order valence-electron chi connectivity index (χ2n) is 7.63. The number of rotatable bonds is 7. The fourth-order valence-electron chi connectivity index (χ4n) is 4.11. The molecule has 0 unspecified atom stereocenters. The first-order valence-electron chi connectivity index (χ1n) is 10.6. The van der Waals surface area contributed by atoms with Crippen molar-refractivity contribution in [1.82, 2.24) is 25.4 Å². The number of nitrogens with zero attached hydrogens (tertiary/aromatic N) is 4. The molecule has 0 bridgehead atoms. The van der Waals surface area contributed by atoms with Crippen LogP contribution in [0.2, 0.25) is 0 Å². The highest BCUT2D eigenvalue weighted by Crippen LogP contribution is 2.30. The maximum atomic E-state index is 4.42. The minimum atomic E-state index is 0.102. The minimum Gasteiger partial charge on any atom is -0.356 e. The van der Waals surface area contributed by atoms with Crippen LogP contribution in [-0.4, -0.2) is 34.3 Å². The van der Waals surface area contributed by atoms with Gasteiger partial charge in [-0.1, -0.05) is 50.6 Å². The first-order valence-corrected chi connectivity index (χ1v) is 10.6. The quantitative estimate of drug-likeness (QED) is 0.569. The van der Waals surface area contributed by atoms with Crippen molar-refractivity contribution in [1.29, 1.82) is 0 Å². The molecule has 28 heavy (non-hydrogen) atoms. The molecule has 0 amide bonds. The Kier molecular flexibility index (Phi) is 7.06. The van der Waals surface area contributed by atoms with Crippen LogP contribution in [0.5, 0.6) is 0 Å². The van der Waals surface area contributed by atoms with Gasteiger partial charge in [0.2, 0.25) is 0 Å². The number of aryl methyl sites for hydroxylation is 1. The summed E-state index contributed by atoms with van der Waals surface area (Å²) in [5.74, 6) is 2.94. The van der Waals surface area contributed by atoms with Crippen LogP contribution in [0.4, 0.5) is 0 Å². The van der Waals surface area contributed by atoms with Gasteiger partial charge in [0.15, 0.2) is 11.8 Å². The molecule has 152 valence electrons. The van der Waals surface area contributed by atoms with Gasteiger partial charge >= 0.3 is 0 Å². The molecule has 0 saturated heterocycles. The zero-order valence-electron chi connectivity index (χ0n) is 17.5. The third-order valence-corrected chi connectivity index (χ3v) is 6.16. The Bertz CT molecular complexity index is 761. The van der Waals surface area contributed by atoms with Crippen LogP contribution in [0.25, 0.3) is 0 Å². The van der Waals surface area contributed by atoms with Crippen molar-refractivity contribution < 1.29 is 0 Å². The zero-order chi connectivity index (χ0) is 19.8. The van der Waals surface area contributed by atoms with Gasteiger partial charge in [0.25, 0.3) is 0 Å². The minimum absolute atomic E-state index is 0.102. The fraction of sp³-hybridized carbons (Fsp3) is 0.591. The lowest BCUT2D eigenvalue weighted by Crippen LogP contribution is -2.45. The molecule has 2 aromatic rings. The molecule has 0 fully saturated rings. The standard InChI is InChI=1S/C22H34N6/c1-4-22(5-2,18-12-8-6-9-13-18)17-25-21(23-3)24-16-20-27-26-19-14-10-7-11-15-28(19)20/h6,8-9,12-13H,4-5,7,10-11,14-17H2,1-3H3,(H2,23,24,25). The summed E-state index contributed by atoms with van der Waals surface area (Å²) in [5, 5.41) is 15.8. The van der Waals surface area contributed by atoms with E-state index in [9.17, 15) is 0 Å². The molecule has 1 aromatic carbocycles. The molecular formula is C22H34N6. The highest BCUT2D eigenvalue weighted by Gasteiger charge is 2.28. The van der Waals surface area contributed by atoms with Crippen molar-refractivity contribution in [2.75, 3.05) is 13.6 Å². The molecular weight excluding hydrogens is 348 g/mol. The number of fused-ring (bicyclic) bond motifs is 1. The summed E-state index contributed by atoms with van der Waals surface area (Å²) in [6.45, 7) is 7.04. The molecule has 1 aliphatic rings. The summed E-state index contributed by atoms with van der Waals surface area (Å²) in [6, 6.07) is 10.8. The SMILES string of the molecule is CCC(CC)(CNC(=NC)NCc1nnc2n1CCCCC2)c1ccccc1. The molecule has 1 aliphatic heterocycles. The molecule has 2 heterocycles. The van der Waals surface area contributed by atoms with E-state index >= 15 is 0 Å². The second-order valence-corrected chi connectivity index (χ2v) is 7.63. The predicted molar refractivity (Wildman–Crippen MR) is 114 cm³/mol. The van der Waals surface area contributed by atoms with Crippen molar-refractivity contribution in [3.8, 4) is 0 Å². The van der Waals surface area contributed by atoms with E-state index < -0.39 is 0 Å². The van der Waals surface area contributed by atoms with Gasteiger partial charge in [-0.2, -0.15) is 0 Å². The smallest absolute Gasteiger partial charge is 0.191 e. The van der Waals surface area contributed by atoms with E-state index in [2.05, 4.69) is 74.6 Å². The van der Waals surface area contributed by atoms with Crippen LogP contribution >= 0.6 is 0 Å². The Morgan fingerprint density at radius 2 is 1.86 bits per heavy atom. The number of hydrogen-bond donors (Lipinski definition) is 2.